The van der Waals surface area contributed by atoms with Gasteiger partial charge in [-0.2, -0.15) is 13.2 Å². The summed E-state index contributed by atoms with van der Waals surface area (Å²) in [5, 5.41) is 0.537. The fourth-order valence-electron chi connectivity index (χ4n) is 4.62. The summed E-state index contributed by atoms with van der Waals surface area (Å²) in [6, 6.07) is 12.5. The number of alkyl halides is 3. The molecule has 36 heavy (non-hydrogen) atoms. The molecule has 2 heterocycles. The monoisotopic (exact) mass is 520 g/mol. The molecule has 2 N–H and O–H groups in total. The number of benzene rings is 2. The number of anilines is 2. The van der Waals surface area contributed by atoms with Gasteiger partial charge in [-0.3, -0.25) is 20.0 Å². The van der Waals surface area contributed by atoms with Crippen LogP contribution in [0.3, 0.4) is 0 Å². The van der Waals surface area contributed by atoms with Crippen molar-refractivity contribution in [1.82, 2.24) is 20.7 Å². The Morgan fingerprint density at radius 1 is 1.06 bits per heavy atom. The summed E-state index contributed by atoms with van der Waals surface area (Å²) < 4.78 is 39.3. The predicted octanol–water partition coefficient (Wildman–Crippen LogP) is 3.59. The van der Waals surface area contributed by atoms with E-state index in [1.54, 1.807) is 11.0 Å². The highest BCUT2D eigenvalue weighted by Crippen LogP contribution is 2.36. The molecule has 0 aliphatic carbocycles. The second-order valence-corrected chi connectivity index (χ2v) is 9.19. The molecule has 2 aliphatic heterocycles. The van der Waals surface area contributed by atoms with Crippen LogP contribution in [-0.2, 0) is 11.0 Å². The van der Waals surface area contributed by atoms with Crippen LogP contribution >= 0.6 is 12.2 Å². The maximum atomic E-state index is 13.4. The van der Waals surface area contributed by atoms with Gasteiger partial charge in [-0.1, -0.05) is 24.3 Å². The molecule has 2 aromatic rings. The quantitative estimate of drug-likeness (QED) is 0.428. The van der Waals surface area contributed by atoms with Gasteiger partial charge >= 0.3 is 6.18 Å². The number of carbonyl (C=O) groups excluding carboxylic acids is 1. The van der Waals surface area contributed by atoms with Gasteiger partial charge in [0.15, 0.2) is 5.11 Å². The third-order valence-electron chi connectivity index (χ3n) is 6.68. The van der Waals surface area contributed by atoms with Crippen molar-refractivity contribution in [3.05, 3.63) is 59.7 Å². The largest absolute Gasteiger partial charge is 0.416 e. The summed E-state index contributed by atoms with van der Waals surface area (Å²) in [7, 11) is 0. The number of nitrogens with zero attached hydrogens (tertiary/aromatic N) is 4. The Labute approximate surface area is 214 Å². The van der Waals surface area contributed by atoms with E-state index in [0.29, 0.717) is 43.6 Å². The van der Waals surface area contributed by atoms with Crippen LogP contribution < -0.4 is 20.7 Å². The Hall–Kier alpha value is -2.89. The van der Waals surface area contributed by atoms with Crippen LogP contribution in [0.5, 0.6) is 0 Å². The maximum absolute atomic E-state index is 13.4. The van der Waals surface area contributed by atoms with Crippen LogP contribution in [0.2, 0.25) is 0 Å². The number of halogens is 3. The molecule has 0 spiro atoms. The van der Waals surface area contributed by atoms with E-state index >= 15 is 0 Å². The van der Waals surface area contributed by atoms with E-state index in [-0.39, 0.29) is 5.91 Å². The second-order valence-electron chi connectivity index (χ2n) is 8.80. The molecule has 0 aromatic heterocycles. The number of hydrogen-bond acceptors (Lipinski definition) is 5. The molecule has 1 atom stereocenters. The first kappa shape index (κ1) is 26.2. The third kappa shape index (κ3) is 5.58. The van der Waals surface area contributed by atoms with Crippen LogP contribution in [0.4, 0.5) is 24.5 Å². The molecule has 1 amide bonds. The molecular weight excluding hydrogens is 489 g/mol. The molecule has 11 heteroatoms. The molecule has 2 aromatic carbocycles. The van der Waals surface area contributed by atoms with Crippen molar-refractivity contribution >= 4 is 34.6 Å². The summed E-state index contributed by atoms with van der Waals surface area (Å²) in [6.07, 6.45) is -4.37. The van der Waals surface area contributed by atoms with E-state index in [2.05, 4.69) is 15.8 Å². The number of carbonyl (C=O) groups is 1. The van der Waals surface area contributed by atoms with Gasteiger partial charge in [0.05, 0.1) is 17.9 Å². The number of hydrazine groups is 1. The Bertz CT molecular complexity index is 1090. The van der Waals surface area contributed by atoms with Crippen molar-refractivity contribution in [2.45, 2.75) is 26.1 Å². The topological polar surface area (TPSA) is 54.1 Å². The Morgan fingerprint density at radius 3 is 2.42 bits per heavy atom. The minimum Gasteiger partial charge on any atom is -0.369 e. The molecule has 1 fully saturated rings. The summed E-state index contributed by atoms with van der Waals surface area (Å²) in [4.78, 5) is 21.2. The van der Waals surface area contributed by atoms with E-state index in [1.807, 2.05) is 47.9 Å². The lowest BCUT2D eigenvalue weighted by atomic mass is 10.1. The lowest BCUT2D eigenvalue weighted by Crippen LogP contribution is -2.52. The van der Waals surface area contributed by atoms with Gasteiger partial charge in [0.1, 0.15) is 6.04 Å². The smallest absolute Gasteiger partial charge is 0.369 e. The second kappa shape index (κ2) is 11.0. The number of fused-ring (bicyclic) bond motifs is 1. The first-order valence-electron chi connectivity index (χ1n) is 12.1. The van der Waals surface area contributed by atoms with Crippen molar-refractivity contribution < 1.29 is 18.0 Å². The molecule has 0 radical (unpaired) electrons. The first-order chi connectivity index (χ1) is 17.2. The van der Waals surface area contributed by atoms with Gasteiger partial charge in [-0.05, 0) is 50.3 Å². The summed E-state index contributed by atoms with van der Waals surface area (Å²) in [5.41, 5.74) is 7.76. The molecule has 0 bridgehead atoms. The van der Waals surface area contributed by atoms with Crippen LogP contribution in [-0.4, -0.2) is 66.8 Å². The zero-order valence-corrected chi connectivity index (χ0v) is 21.2. The lowest BCUT2D eigenvalue weighted by Gasteiger charge is -2.38. The molecule has 194 valence electrons. The average molecular weight is 521 g/mol. The van der Waals surface area contributed by atoms with E-state index in [0.717, 1.165) is 30.4 Å². The van der Waals surface area contributed by atoms with Gasteiger partial charge < -0.3 is 9.80 Å². The molecule has 4 rings (SSSR count). The SMILES string of the molecule is CCN(CC)C(=S)NNC1C(=O)N(CN2CCN(c3cccc(C(F)(F)F)c3)CC2)c2ccccc21. The highest BCUT2D eigenvalue weighted by atomic mass is 32.1. The number of hydrogen-bond donors (Lipinski definition) is 2. The summed E-state index contributed by atoms with van der Waals surface area (Å²) in [5.74, 6) is -0.0774. The number of piperazine rings is 1. The highest BCUT2D eigenvalue weighted by Gasteiger charge is 2.38. The molecule has 1 unspecified atom stereocenters. The Morgan fingerprint density at radius 2 is 1.75 bits per heavy atom. The molecule has 1 saturated heterocycles. The van der Waals surface area contributed by atoms with E-state index in [1.165, 1.54) is 12.1 Å². The standard InChI is InChI=1S/C25H31F3N6OS/c1-3-32(4-2)24(36)30-29-22-20-10-5-6-11-21(20)34(23(22)35)17-31-12-14-33(15-13-31)19-9-7-8-18(16-19)25(26,27)28/h5-11,16,22,29H,3-4,12-15,17H2,1-2H3,(H,30,36). The van der Waals surface area contributed by atoms with Gasteiger partial charge in [0, 0.05) is 50.5 Å². The van der Waals surface area contributed by atoms with Crippen molar-refractivity contribution in [3.63, 3.8) is 0 Å². The minimum atomic E-state index is -4.37. The highest BCUT2D eigenvalue weighted by molar-refractivity contribution is 7.80. The van der Waals surface area contributed by atoms with Crippen molar-refractivity contribution in [3.8, 4) is 0 Å². The van der Waals surface area contributed by atoms with Gasteiger partial charge in [0.2, 0.25) is 0 Å². The van der Waals surface area contributed by atoms with Crippen molar-refractivity contribution in [1.29, 1.82) is 0 Å². The first-order valence-corrected chi connectivity index (χ1v) is 12.5. The normalized spacial score (nSPS) is 18.4. The zero-order chi connectivity index (χ0) is 25.9. The Balaban J connectivity index is 1.39. The summed E-state index contributed by atoms with van der Waals surface area (Å²) in [6.45, 7) is 8.37. The van der Waals surface area contributed by atoms with Gasteiger partial charge in [-0.15, -0.1) is 0 Å². The van der Waals surface area contributed by atoms with Crippen LogP contribution in [0.1, 0.15) is 31.0 Å². The maximum Gasteiger partial charge on any atom is 0.416 e. The zero-order valence-electron chi connectivity index (χ0n) is 20.4. The predicted molar refractivity (Wildman–Crippen MR) is 139 cm³/mol. The van der Waals surface area contributed by atoms with Crippen LogP contribution in [0.15, 0.2) is 48.5 Å². The van der Waals surface area contributed by atoms with Gasteiger partial charge in [0.25, 0.3) is 5.91 Å². The summed E-state index contributed by atoms with van der Waals surface area (Å²) >= 11 is 5.44. The van der Waals surface area contributed by atoms with Gasteiger partial charge in [-0.25, -0.2) is 5.43 Å². The van der Waals surface area contributed by atoms with E-state index in [4.69, 9.17) is 12.2 Å². The fraction of sp³-hybridized carbons (Fsp3) is 0.440. The molecule has 2 aliphatic rings. The minimum absolute atomic E-state index is 0.0774. The average Bonchev–Trinajstić information content (AvgIpc) is 3.14. The number of thiocarbonyl (C=S) groups is 1. The number of rotatable bonds is 7. The van der Waals surface area contributed by atoms with E-state index in [9.17, 15) is 18.0 Å². The van der Waals surface area contributed by atoms with Crippen molar-refractivity contribution in [2.75, 3.05) is 55.7 Å². The Kier molecular flexibility index (Phi) is 8.01. The molecule has 0 saturated carbocycles. The van der Waals surface area contributed by atoms with E-state index < -0.39 is 17.8 Å². The van der Waals surface area contributed by atoms with Crippen LogP contribution in [0.25, 0.3) is 0 Å². The molecular formula is C25H31F3N6OS. The fourth-order valence-corrected chi connectivity index (χ4v) is 4.94. The van der Waals surface area contributed by atoms with Crippen molar-refractivity contribution in [2.24, 2.45) is 0 Å². The molecule has 7 nitrogen and oxygen atoms in total. The lowest BCUT2D eigenvalue weighted by molar-refractivity contribution is -0.137. The number of nitrogens with one attached hydrogen (secondary N) is 2. The number of amides is 1. The number of para-hydroxylation sites is 1. The van der Waals surface area contributed by atoms with Crippen LogP contribution in [0, 0.1) is 0 Å². The third-order valence-corrected chi connectivity index (χ3v) is 7.04.